The number of benzene rings is 1. The number of phenols is 1. The molecule has 0 heterocycles. The summed E-state index contributed by atoms with van der Waals surface area (Å²) in [4.78, 5) is 23.3. The van der Waals surface area contributed by atoms with Crippen molar-refractivity contribution in [1.29, 1.82) is 0 Å². The Labute approximate surface area is 122 Å². The molecule has 6 nitrogen and oxygen atoms in total. The molecule has 3 unspecified atom stereocenters. The summed E-state index contributed by atoms with van der Waals surface area (Å²) in [6.45, 7) is 0. The number of amides is 1. The SMILES string of the molecule is NC1C=CC(C(=O)NC(Cc2ccc(O)cc2)C(=O)O)C1. The summed E-state index contributed by atoms with van der Waals surface area (Å²) in [5, 5.41) is 21.0. The van der Waals surface area contributed by atoms with Crippen molar-refractivity contribution >= 4 is 11.9 Å². The Morgan fingerprint density at radius 3 is 2.48 bits per heavy atom. The van der Waals surface area contributed by atoms with Gasteiger partial charge in [0, 0.05) is 12.5 Å². The predicted octanol–water partition coefficient (Wildman–Crippen LogP) is 0.407. The monoisotopic (exact) mass is 290 g/mol. The maximum atomic E-state index is 12.0. The molecule has 112 valence electrons. The molecule has 1 aromatic rings. The van der Waals surface area contributed by atoms with E-state index < -0.39 is 12.0 Å². The van der Waals surface area contributed by atoms with Crippen LogP contribution in [0.1, 0.15) is 12.0 Å². The summed E-state index contributed by atoms with van der Waals surface area (Å²) in [7, 11) is 0. The van der Waals surface area contributed by atoms with Crippen LogP contribution in [-0.4, -0.2) is 34.2 Å². The molecule has 1 aliphatic carbocycles. The lowest BCUT2D eigenvalue weighted by Gasteiger charge is -2.17. The third-order valence-corrected chi connectivity index (χ3v) is 3.44. The Kier molecular flexibility index (Phi) is 4.59. The zero-order valence-corrected chi connectivity index (χ0v) is 11.4. The van der Waals surface area contributed by atoms with Crippen LogP contribution in [0.2, 0.25) is 0 Å². The summed E-state index contributed by atoms with van der Waals surface area (Å²) in [6.07, 6.45) is 4.11. The smallest absolute Gasteiger partial charge is 0.326 e. The lowest BCUT2D eigenvalue weighted by molar-refractivity contribution is -0.142. The van der Waals surface area contributed by atoms with E-state index in [1.54, 1.807) is 24.3 Å². The minimum Gasteiger partial charge on any atom is -0.508 e. The molecule has 0 fully saturated rings. The van der Waals surface area contributed by atoms with Gasteiger partial charge in [-0.15, -0.1) is 0 Å². The van der Waals surface area contributed by atoms with E-state index in [2.05, 4.69) is 5.32 Å². The minimum atomic E-state index is -1.09. The van der Waals surface area contributed by atoms with Crippen molar-refractivity contribution in [2.75, 3.05) is 0 Å². The molecule has 0 saturated heterocycles. The highest BCUT2D eigenvalue weighted by Crippen LogP contribution is 2.17. The van der Waals surface area contributed by atoms with E-state index in [4.69, 9.17) is 5.73 Å². The number of carbonyl (C=O) groups excluding carboxylic acids is 1. The molecule has 1 aromatic carbocycles. The summed E-state index contributed by atoms with van der Waals surface area (Å²) in [5.41, 5.74) is 6.41. The van der Waals surface area contributed by atoms with Crippen molar-refractivity contribution in [3.05, 3.63) is 42.0 Å². The molecule has 0 bridgehead atoms. The van der Waals surface area contributed by atoms with Crippen LogP contribution in [0.5, 0.6) is 5.75 Å². The molecule has 0 aliphatic heterocycles. The van der Waals surface area contributed by atoms with Gasteiger partial charge in [-0.25, -0.2) is 4.79 Å². The third-order valence-electron chi connectivity index (χ3n) is 3.44. The number of hydrogen-bond acceptors (Lipinski definition) is 4. The number of carboxylic acids is 1. The minimum absolute atomic E-state index is 0.111. The fraction of sp³-hybridized carbons (Fsp3) is 0.333. The fourth-order valence-corrected chi connectivity index (χ4v) is 2.27. The van der Waals surface area contributed by atoms with Crippen LogP contribution < -0.4 is 11.1 Å². The lowest BCUT2D eigenvalue weighted by atomic mass is 10.0. The number of aromatic hydroxyl groups is 1. The highest BCUT2D eigenvalue weighted by molar-refractivity contribution is 5.86. The van der Waals surface area contributed by atoms with Gasteiger partial charge < -0.3 is 21.3 Å². The van der Waals surface area contributed by atoms with Crippen molar-refractivity contribution in [3.63, 3.8) is 0 Å². The number of hydrogen-bond donors (Lipinski definition) is 4. The van der Waals surface area contributed by atoms with E-state index in [0.717, 1.165) is 5.56 Å². The molecular weight excluding hydrogens is 272 g/mol. The van der Waals surface area contributed by atoms with Crippen LogP contribution in [0, 0.1) is 5.92 Å². The number of rotatable bonds is 5. The molecule has 6 heteroatoms. The lowest BCUT2D eigenvalue weighted by Crippen LogP contribution is -2.44. The maximum absolute atomic E-state index is 12.0. The van der Waals surface area contributed by atoms with Crippen molar-refractivity contribution < 1.29 is 19.8 Å². The summed E-state index contributed by atoms with van der Waals surface area (Å²) < 4.78 is 0. The Bertz CT molecular complexity index is 553. The number of carbonyl (C=O) groups is 2. The molecule has 0 radical (unpaired) electrons. The van der Waals surface area contributed by atoms with E-state index in [9.17, 15) is 19.8 Å². The van der Waals surface area contributed by atoms with Crippen LogP contribution >= 0.6 is 0 Å². The standard InChI is InChI=1S/C15H18N2O4/c16-11-4-3-10(8-11)14(19)17-13(15(20)21)7-9-1-5-12(18)6-2-9/h1-6,10-11,13,18H,7-8,16H2,(H,17,19)(H,20,21). The Morgan fingerprint density at radius 2 is 1.95 bits per heavy atom. The van der Waals surface area contributed by atoms with Gasteiger partial charge in [-0.1, -0.05) is 24.3 Å². The van der Waals surface area contributed by atoms with E-state index in [0.29, 0.717) is 6.42 Å². The van der Waals surface area contributed by atoms with E-state index >= 15 is 0 Å². The van der Waals surface area contributed by atoms with Gasteiger partial charge in [0.2, 0.25) is 5.91 Å². The number of carboxylic acid groups (broad SMARTS) is 1. The highest BCUT2D eigenvalue weighted by Gasteiger charge is 2.27. The van der Waals surface area contributed by atoms with Gasteiger partial charge in [-0.05, 0) is 24.1 Å². The molecule has 0 aromatic heterocycles. The maximum Gasteiger partial charge on any atom is 0.326 e. The van der Waals surface area contributed by atoms with Crippen molar-refractivity contribution in [2.24, 2.45) is 11.7 Å². The topological polar surface area (TPSA) is 113 Å². The predicted molar refractivity (Wildman–Crippen MR) is 76.6 cm³/mol. The fourth-order valence-electron chi connectivity index (χ4n) is 2.27. The van der Waals surface area contributed by atoms with Crippen LogP contribution in [-0.2, 0) is 16.0 Å². The first-order valence-electron chi connectivity index (χ1n) is 6.70. The molecule has 5 N–H and O–H groups in total. The summed E-state index contributed by atoms with van der Waals surface area (Å²) in [6, 6.07) is 5.06. The number of phenolic OH excluding ortho intramolecular Hbond substituents is 1. The van der Waals surface area contributed by atoms with Gasteiger partial charge in [0.1, 0.15) is 11.8 Å². The van der Waals surface area contributed by atoms with Crippen LogP contribution in [0.3, 0.4) is 0 Å². The Morgan fingerprint density at radius 1 is 1.29 bits per heavy atom. The first kappa shape index (κ1) is 15.1. The molecule has 0 spiro atoms. The largest absolute Gasteiger partial charge is 0.508 e. The second-order valence-corrected chi connectivity index (χ2v) is 5.16. The Balaban J connectivity index is 1.99. The zero-order valence-electron chi connectivity index (χ0n) is 11.4. The highest BCUT2D eigenvalue weighted by atomic mass is 16.4. The summed E-state index contributed by atoms with van der Waals surface area (Å²) >= 11 is 0. The van der Waals surface area contributed by atoms with Gasteiger partial charge in [-0.3, -0.25) is 4.79 Å². The normalized spacial score (nSPS) is 22.0. The second kappa shape index (κ2) is 6.41. The molecule has 3 atom stereocenters. The second-order valence-electron chi connectivity index (χ2n) is 5.16. The van der Waals surface area contributed by atoms with Gasteiger partial charge in [-0.2, -0.15) is 0 Å². The number of nitrogens with two attached hydrogens (primary N) is 1. The summed E-state index contributed by atoms with van der Waals surface area (Å²) in [5.74, 6) is -1.69. The Hall–Kier alpha value is -2.34. The van der Waals surface area contributed by atoms with Crippen LogP contribution in [0.15, 0.2) is 36.4 Å². The van der Waals surface area contributed by atoms with Gasteiger partial charge >= 0.3 is 5.97 Å². The molecule has 1 amide bonds. The van der Waals surface area contributed by atoms with E-state index in [1.807, 2.05) is 0 Å². The zero-order chi connectivity index (χ0) is 15.4. The van der Waals surface area contributed by atoms with Gasteiger partial charge in [0.25, 0.3) is 0 Å². The average Bonchev–Trinajstić information content (AvgIpc) is 2.87. The average molecular weight is 290 g/mol. The van der Waals surface area contributed by atoms with Crippen LogP contribution in [0.25, 0.3) is 0 Å². The molecular formula is C15H18N2O4. The van der Waals surface area contributed by atoms with E-state index in [1.165, 1.54) is 12.1 Å². The molecule has 1 aliphatic rings. The van der Waals surface area contributed by atoms with Crippen molar-refractivity contribution in [3.8, 4) is 5.75 Å². The number of nitrogens with one attached hydrogen (secondary N) is 1. The van der Waals surface area contributed by atoms with Crippen LogP contribution in [0.4, 0.5) is 0 Å². The third kappa shape index (κ3) is 4.06. The van der Waals surface area contributed by atoms with E-state index in [-0.39, 0.29) is 30.0 Å². The first-order chi connectivity index (χ1) is 9.95. The first-order valence-corrected chi connectivity index (χ1v) is 6.70. The number of aliphatic carboxylic acids is 1. The van der Waals surface area contributed by atoms with Gasteiger partial charge in [0.15, 0.2) is 0 Å². The molecule has 2 rings (SSSR count). The molecule has 21 heavy (non-hydrogen) atoms. The van der Waals surface area contributed by atoms with Crippen molar-refractivity contribution in [1.82, 2.24) is 5.32 Å². The quantitative estimate of drug-likeness (QED) is 0.587. The van der Waals surface area contributed by atoms with Gasteiger partial charge in [0.05, 0.1) is 5.92 Å². The van der Waals surface area contributed by atoms with Crippen molar-refractivity contribution in [2.45, 2.75) is 24.9 Å². The molecule has 0 saturated carbocycles.